The number of halogens is 1. The molecule has 3 heteroatoms. The Balaban J connectivity index is 1.92. The molecule has 0 amide bonds. The van der Waals surface area contributed by atoms with Crippen LogP contribution in [0.5, 0.6) is 11.5 Å². The van der Waals surface area contributed by atoms with Gasteiger partial charge in [-0.3, -0.25) is 0 Å². The van der Waals surface area contributed by atoms with E-state index in [9.17, 15) is 0 Å². The van der Waals surface area contributed by atoms with Gasteiger partial charge < -0.3 is 9.47 Å². The van der Waals surface area contributed by atoms with E-state index < -0.39 is 0 Å². The molecule has 0 N–H and O–H groups in total. The van der Waals surface area contributed by atoms with Gasteiger partial charge in [0.1, 0.15) is 17.6 Å². The first kappa shape index (κ1) is 14.3. The summed E-state index contributed by atoms with van der Waals surface area (Å²) in [5.41, 5.74) is 3.33. The average molecular weight is 303 g/mol. The summed E-state index contributed by atoms with van der Waals surface area (Å²) in [4.78, 5) is 0. The number of ether oxygens (including phenoxy) is 2. The van der Waals surface area contributed by atoms with Crippen molar-refractivity contribution in [3.05, 3.63) is 59.2 Å². The molecule has 3 rings (SSSR count). The highest BCUT2D eigenvalue weighted by Crippen LogP contribution is 2.38. The van der Waals surface area contributed by atoms with Crippen molar-refractivity contribution in [2.45, 2.75) is 31.7 Å². The van der Waals surface area contributed by atoms with Gasteiger partial charge >= 0.3 is 0 Å². The van der Waals surface area contributed by atoms with Crippen LogP contribution in [0.2, 0.25) is 0 Å². The van der Waals surface area contributed by atoms with Crippen molar-refractivity contribution in [2.24, 2.45) is 0 Å². The van der Waals surface area contributed by atoms with Crippen molar-refractivity contribution < 1.29 is 9.47 Å². The van der Waals surface area contributed by atoms with E-state index in [0.717, 1.165) is 29.0 Å². The standard InChI is InChI=1S/C18H19ClO2/c1-3-20-17-7-5-4-6-15(17)18(19)13-8-9-16-14(11-13)10-12(2)21-16/h4-9,11-12,18H,3,10H2,1-2H3. The van der Waals surface area contributed by atoms with Crippen molar-refractivity contribution >= 4 is 11.6 Å². The minimum Gasteiger partial charge on any atom is -0.494 e. The molecule has 0 fully saturated rings. The lowest BCUT2D eigenvalue weighted by Crippen LogP contribution is -2.05. The number of fused-ring (bicyclic) bond motifs is 1. The number of para-hydroxylation sites is 1. The molecule has 0 saturated carbocycles. The Morgan fingerprint density at radius 1 is 1.29 bits per heavy atom. The van der Waals surface area contributed by atoms with E-state index >= 15 is 0 Å². The minimum absolute atomic E-state index is 0.214. The van der Waals surface area contributed by atoms with Gasteiger partial charge in [0.25, 0.3) is 0 Å². The van der Waals surface area contributed by atoms with Crippen LogP contribution in [0.3, 0.4) is 0 Å². The molecular formula is C18H19ClO2. The van der Waals surface area contributed by atoms with Gasteiger partial charge in [-0.15, -0.1) is 11.6 Å². The van der Waals surface area contributed by atoms with Crippen LogP contribution in [0.25, 0.3) is 0 Å². The van der Waals surface area contributed by atoms with Gasteiger partial charge in [-0.1, -0.05) is 30.3 Å². The van der Waals surface area contributed by atoms with Gasteiger partial charge in [-0.2, -0.15) is 0 Å². The van der Waals surface area contributed by atoms with E-state index in [1.165, 1.54) is 5.56 Å². The first-order chi connectivity index (χ1) is 10.2. The maximum atomic E-state index is 6.69. The zero-order chi connectivity index (χ0) is 14.8. The van der Waals surface area contributed by atoms with Crippen LogP contribution in [-0.4, -0.2) is 12.7 Å². The molecule has 0 saturated heterocycles. The Bertz CT molecular complexity index is 639. The fraction of sp³-hybridized carbons (Fsp3) is 0.333. The number of benzene rings is 2. The van der Waals surface area contributed by atoms with E-state index in [2.05, 4.69) is 13.0 Å². The SMILES string of the molecule is CCOc1ccccc1C(Cl)c1ccc2c(c1)CC(C)O2. The quantitative estimate of drug-likeness (QED) is 0.760. The summed E-state index contributed by atoms with van der Waals surface area (Å²) < 4.78 is 11.4. The van der Waals surface area contributed by atoms with Crippen LogP contribution in [-0.2, 0) is 6.42 Å². The molecule has 0 bridgehead atoms. The number of rotatable bonds is 4. The van der Waals surface area contributed by atoms with Gasteiger partial charge in [-0.25, -0.2) is 0 Å². The third-order valence-electron chi connectivity index (χ3n) is 3.70. The fourth-order valence-corrected chi connectivity index (χ4v) is 3.07. The van der Waals surface area contributed by atoms with Crippen LogP contribution in [0.4, 0.5) is 0 Å². The largest absolute Gasteiger partial charge is 0.494 e. The summed E-state index contributed by atoms with van der Waals surface area (Å²) in [6, 6.07) is 14.2. The average Bonchev–Trinajstić information content (AvgIpc) is 2.86. The van der Waals surface area contributed by atoms with Gasteiger partial charge in [-0.05, 0) is 37.1 Å². The van der Waals surface area contributed by atoms with Gasteiger partial charge in [0.05, 0.1) is 12.0 Å². The number of alkyl halides is 1. The Morgan fingerprint density at radius 3 is 2.90 bits per heavy atom. The molecule has 110 valence electrons. The molecule has 0 aliphatic carbocycles. The summed E-state index contributed by atoms with van der Waals surface area (Å²) in [5.74, 6) is 1.83. The monoisotopic (exact) mass is 302 g/mol. The summed E-state index contributed by atoms with van der Waals surface area (Å²) in [6.45, 7) is 4.70. The minimum atomic E-state index is -0.214. The van der Waals surface area contributed by atoms with Crippen molar-refractivity contribution in [3.8, 4) is 11.5 Å². The van der Waals surface area contributed by atoms with Gasteiger partial charge in [0.15, 0.2) is 0 Å². The van der Waals surface area contributed by atoms with Crippen LogP contribution >= 0.6 is 11.6 Å². The number of hydrogen-bond donors (Lipinski definition) is 0. The maximum absolute atomic E-state index is 6.69. The zero-order valence-corrected chi connectivity index (χ0v) is 13.1. The highest BCUT2D eigenvalue weighted by molar-refractivity contribution is 6.22. The lowest BCUT2D eigenvalue weighted by Gasteiger charge is -2.16. The molecule has 0 aromatic heterocycles. The van der Waals surface area contributed by atoms with Crippen LogP contribution < -0.4 is 9.47 Å². The van der Waals surface area contributed by atoms with E-state index in [4.69, 9.17) is 21.1 Å². The second kappa shape index (κ2) is 5.98. The molecule has 2 atom stereocenters. The van der Waals surface area contributed by atoms with Crippen molar-refractivity contribution in [1.82, 2.24) is 0 Å². The molecule has 0 spiro atoms. The fourth-order valence-electron chi connectivity index (χ4n) is 2.76. The third-order valence-corrected chi connectivity index (χ3v) is 4.19. The Hall–Kier alpha value is -1.67. The molecule has 2 aromatic rings. The first-order valence-corrected chi connectivity index (χ1v) is 7.78. The Labute approximate surface area is 130 Å². The molecule has 1 heterocycles. The molecule has 1 aliphatic rings. The van der Waals surface area contributed by atoms with E-state index in [0.29, 0.717) is 6.61 Å². The van der Waals surface area contributed by atoms with E-state index in [1.807, 2.05) is 43.3 Å². The number of hydrogen-bond acceptors (Lipinski definition) is 2. The summed E-state index contributed by atoms with van der Waals surface area (Å²) in [7, 11) is 0. The lowest BCUT2D eigenvalue weighted by molar-refractivity contribution is 0.254. The molecular weight excluding hydrogens is 284 g/mol. The summed E-state index contributed by atoms with van der Waals surface area (Å²) in [5, 5.41) is -0.214. The molecule has 0 radical (unpaired) electrons. The maximum Gasteiger partial charge on any atom is 0.124 e. The molecule has 2 nitrogen and oxygen atoms in total. The van der Waals surface area contributed by atoms with E-state index in [1.54, 1.807) is 0 Å². The van der Waals surface area contributed by atoms with Gasteiger partial charge in [0.2, 0.25) is 0 Å². The topological polar surface area (TPSA) is 18.5 Å². The Kier molecular flexibility index (Phi) is 4.07. The van der Waals surface area contributed by atoms with Crippen LogP contribution in [0, 0.1) is 0 Å². The van der Waals surface area contributed by atoms with Gasteiger partial charge in [0, 0.05) is 12.0 Å². The highest BCUT2D eigenvalue weighted by atomic mass is 35.5. The second-order valence-corrected chi connectivity index (χ2v) is 5.77. The lowest BCUT2D eigenvalue weighted by atomic mass is 10.00. The Morgan fingerprint density at radius 2 is 2.10 bits per heavy atom. The molecule has 2 aromatic carbocycles. The zero-order valence-electron chi connectivity index (χ0n) is 12.3. The third kappa shape index (κ3) is 2.86. The molecule has 2 unspecified atom stereocenters. The summed E-state index contributed by atoms with van der Waals surface area (Å²) >= 11 is 6.69. The predicted octanol–water partition coefficient (Wildman–Crippen LogP) is 4.74. The highest BCUT2D eigenvalue weighted by Gasteiger charge is 2.22. The van der Waals surface area contributed by atoms with Crippen LogP contribution in [0.1, 0.15) is 35.9 Å². The predicted molar refractivity (Wildman–Crippen MR) is 85.5 cm³/mol. The van der Waals surface area contributed by atoms with Crippen molar-refractivity contribution in [2.75, 3.05) is 6.61 Å². The molecule has 21 heavy (non-hydrogen) atoms. The smallest absolute Gasteiger partial charge is 0.124 e. The van der Waals surface area contributed by atoms with Crippen molar-refractivity contribution in [1.29, 1.82) is 0 Å². The first-order valence-electron chi connectivity index (χ1n) is 7.34. The normalized spacial score (nSPS) is 18.0. The van der Waals surface area contributed by atoms with Crippen molar-refractivity contribution in [3.63, 3.8) is 0 Å². The van der Waals surface area contributed by atoms with Crippen LogP contribution in [0.15, 0.2) is 42.5 Å². The summed E-state index contributed by atoms with van der Waals surface area (Å²) in [6.07, 6.45) is 1.19. The second-order valence-electron chi connectivity index (χ2n) is 5.33. The van der Waals surface area contributed by atoms with E-state index in [-0.39, 0.29) is 11.5 Å². The molecule has 1 aliphatic heterocycles.